The number of carboxylic acid groups (broad SMARTS) is 1. The van der Waals surface area contributed by atoms with Gasteiger partial charge in [0.25, 0.3) is 5.69 Å². The van der Waals surface area contributed by atoms with Gasteiger partial charge < -0.3 is 10.4 Å². The lowest BCUT2D eigenvalue weighted by atomic mass is 10.0. The Morgan fingerprint density at radius 3 is 2.68 bits per heavy atom. The van der Waals surface area contributed by atoms with Crippen LogP contribution in [0.25, 0.3) is 0 Å². The number of nitro groups is 1. The lowest BCUT2D eigenvalue weighted by molar-refractivity contribution is -0.385. The Hall–Kier alpha value is -2.69. The first kappa shape index (κ1) is 14.4. The molecule has 19 heavy (non-hydrogen) atoms. The van der Waals surface area contributed by atoms with Crippen LogP contribution in [0.3, 0.4) is 0 Å². The number of carboxylic acids is 1. The molecule has 2 N–H and O–H groups in total. The number of hydrogen-bond acceptors (Lipinski definition) is 6. The van der Waals surface area contributed by atoms with Gasteiger partial charge in [-0.05, 0) is 5.92 Å². The Kier molecular flexibility index (Phi) is 4.36. The van der Waals surface area contributed by atoms with Crippen LogP contribution in [-0.4, -0.2) is 27.0 Å². The van der Waals surface area contributed by atoms with Gasteiger partial charge in [-0.2, -0.15) is 5.26 Å². The second kappa shape index (κ2) is 5.77. The Bertz CT molecular complexity index is 550. The molecule has 0 aliphatic rings. The summed E-state index contributed by atoms with van der Waals surface area (Å²) in [5, 5.41) is 31.1. The van der Waals surface area contributed by atoms with Gasteiger partial charge in [0, 0.05) is 6.07 Å². The van der Waals surface area contributed by atoms with Crippen molar-refractivity contribution in [1.29, 1.82) is 5.26 Å². The summed E-state index contributed by atoms with van der Waals surface area (Å²) in [5.74, 6) is -1.30. The highest BCUT2D eigenvalue weighted by atomic mass is 16.6. The van der Waals surface area contributed by atoms with Crippen LogP contribution in [0.15, 0.2) is 12.3 Å². The fourth-order valence-corrected chi connectivity index (χ4v) is 1.41. The first-order chi connectivity index (χ1) is 8.86. The SMILES string of the molecule is CC(C)C(Nc1ncc([N+](=O)[O-])cc1C#N)C(=O)O. The van der Waals surface area contributed by atoms with Gasteiger partial charge in [0.15, 0.2) is 0 Å². The van der Waals surface area contributed by atoms with Crippen LogP contribution in [0.4, 0.5) is 11.5 Å². The van der Waals surface area contributed by atoms with Crippen molar-refractivity contribution in [3.05, 3.63) is 27.9 Å². The van der Waals surface area contributed by atoms with Crippen molar-refractivity contribution >= 4 is 17.5 Å². The number of nitrogens with one attached hydrogen (secondary N) is 1. The van der Waals surface area contributed by atoms with Gasteiger partial charge in [-0.25, -0.2) is 9.78 Å². The Morgan fingerprint density at radius 2 is 2.26 bits per heavy atom. The molecule has 0 saturated heterocycles. The lowest BCUT2D eigenvalue weighted by Crippen LogP contribution is -2.34. The van der Waals surface area contributed by atoms with Crippen LogP contribution in [0.1, 0.15) is 19.4 Å². The third kappa shape index (κ3) is 3.38. The molecule has 0 fully saturated rings. The molecule has 0 aliphatic carbocycles. The third-order valence-corrected chi connectivity index (χ3v) is 2.43. The number of pyridine rings is 1. The van der Waals surface area contributed by atoms with E-state index in [9.17, 15) is 14.9 Å². The second-order valence-corrected chi connectivity index (χ2v) is 4.16. The molecular weight excluding hydrogens is 252 g/mol. The summed E-state index contributed by atoms with van der Waals surface area (Å²) in [6.07, 6.45) is 0.975. The molecule has 0 radical (unpaired) electrons. The fourth-order valence-electron chi connectivity index (χ4n) is 1.41. The van der Waals surface area contributed by atoms with E-state index in [-0.39, 0.29) is 23.0 Å². The monoisotopic (exact) mass is 264 g/mol. The average molecular weight is 264 g/mol. The number of nitriles is 1. The number of nitrogens with zero attached hydrogens (tertiary/aromatic N) is 3. The summed E-state index contributed by atoms with van der Waals surface area (Å²) in [6, 6.07) is 1.87. The van der Waals surface area contributed by atoms with Crippen LogP contribution < -0.4 is 5.32 Å². The molecule has 0 bridgehead atoms. The molecule has 0 aromatic carbocycles. The molecule has 8 heteroatoms. The van der Waals surface area contributed by atoms with E-state index in [1.165, 1.54) is 0 Å². The van der Waals surface area contributed by atoms with Gasteiger partial charge >= 0.3 is 5.97 Å². The predicted molar refractivity (Wildman–Crippen MR) is 65.5 cm³/mol. The highest BCUT2D eigenvalue weighted by Gasteiger charge is 2.23. The molecule has 0 spiro atoms. The van der Waals surface area contributed by atoms with E-state index < -0.39 is 16.9 Å². The summed E-state index contributed by atoms with van der Waals surface area (Å²) < 4.78 is 0. The van der Waals surface area contributed by atoms with Crippen molar-refractivity contribution in [2.24, 2.45) is 5.92 Å². The van der Waals surface area contributed by atoms with E-state index in [2.05, 4.69) is 10.3 Å². The van der Waals surface area contributed by atoms with Crippen molar-refractivity contribution in [2.75, 3.05) is 5.32 Å². The Labute approximate surface area is 108 Å². The van der Waals surface area contributed by atoms with E-state index in [0.29, 0.717) is 0 Å². The molecule has 100 valence electrons. The maximum absolute atomic E-state index is 11.0. The number of carbonyl (C=O) groups is 1. The molecule has 0 saturated carbocycles. The van der Waals surface area contributed by atoms with E-state index in [0.717, 1.165) is 12.3 Å². The van der Waals surface area contributed by atoms with Gasteiger partial charge in [-0.1, -0.05) is 13.8 Å². The largest absolute Gasteiger partial charge is 0.480 e. The molecule has 8 nitrogen and oxygen atoms in total. The molecule has 1 heterocycles. The van der Waals surface area contributed by atoms with Crippen molar-refractivity contribution < 1.29 is 14.8 Å². The summed E-state index contributed by atoms with van der Waals surface area (Å²) in [4.78, 5) is 24.7. The average Bonchev–Trinajstić information content (AvgIpc) is 2.34. The van der Waals surface area contributed by atoms with Gasteiger partial charge in [-0.3, -0.25) is 10.1 Å². The third-order valence-electron chi connectivity index (χ3n) is 2.43. The molecular formula is C11H12N4O4. The maximum atomic E-state index is 11.0. The predicted octanol–water partition coefficient (Wildman–Crippen LogP) is 1.38. The standard InChI is InChI=1S/C11H12N4O4/c1-6(2)9(11(16)17)14-10-7(4-12)3-8(5-13-10)15(18)19/h3,5-6,9H,1-2H3,(H,13,14)(H,16,17). The van der Waals surface area contributed by atoms with Crippen LogP contribution in [0.5, 0.6) is 0 Å². The topological polar surface area (TPSA) is 129 Å². The van der Waals surface area contributed by atoms with E-state index in [4.69, 9.17) is 10.4 Å². The minimum absolute atomic E-state index is 0.0224. The van der Waals surface area contributed by atoms with Crippen molar-refractivity contribution in [1.82, 2.24) is 4.98 Å². The number of aliphatic carboxylic acids is 1. The normalized spacial score (nSPS) is 11.7. The van der Waals surface area contributed by atoms with Gasteiger partial charge in [-0.15, -0.1) is 0 Å². The van der Waals surface area contributed by atoms with E-state index in [1.807, 2.05) is 0 Å². The first-order valence-corrected chi connectivity index (χ1v) is 5.40. The maximum Gasteiger partial charge on any atom is 0.326 e. The summed E-state index contributed by atoms with van der Waals surface area (Å²) in [7, 11) is 0. The van der Waals surface area contributed by atoms with Crippen LogP contribution in [0, 0.1) is 27.4 Å². The van der Waals surface area contributed by atoms with E-state index >= 15 is 0 Å². The Morgan fingerprint density at radius 1 is 1.63 bits per heavy atom. The highest BCUT2D eigenvalue weighted by molar-refractivity contribution is 5.78. The quantitative estimate of drug-likeness (QED) is 0.606. The molecule has 0 amide bonds. The second-order valence-electron chi connectivity index (χ2n) is 4.16. The molecule has 1 rings (SSSR count). The highest BCUT2D eigenvalue weighted by Crippen LogP contribution is 2.20. The van der Waals surface area contributed by atoms with Crippen molar-refractivity contribution in [3.63, 3.8) is 0 Å². The molecule has 1 aromatic rings. The van der Waals surface area contributed by atoms with Crippen LogP contribution in [0.2, 0.25) is 0 Å². The summed E-state index contributed by atoms with van der Waals surface area (Å²) >= 11 is 0. The molecule has 1 aromatic heterocycles. The number of aromatic nitrogens is 1. The summed E-state index contributed by atoms with van der Waals surface area (Å²) in [6.45, 7) is 3.40. The number of anilines is 1. The van der Waals surface area contributed by atoms with Crippen LogP contribution in [-0.2, 0) is 4.79 Å². The summed E-state index contributed by atoms with van der Waals surface area (Å²) in [5.41, 5.74) is -0.389. The Balaban J connectivity index is 3.11. The van der Waals surface area contributed by atoms with Crippen LogP contribution >= 0.6 is 0 Å². The number of hydrogen-bond donors (Lipinski definition) is 2. The number of rotatable bonds is 5. The van der Waals surface area contributed by atoms with Gasteiger partial charge in [0.05, 0.1) is 4.92 Å². The first-order valence-electron chi connectivity index (χ1n) is 5.40. The fraction of sp³-hybridized carbons (Fsp3) is 0.364. The van der Waals surface area contributed by atoms with Crippen molar-refractivity contribution in [2.45, 2.75) is 19.9 Å². The molecule has 1 atom stereocenters. The zero-order chi connectivity index (χ0) is 14.6. The molecule has 1 unspecified atom stereocenters. The zero-order valence-corrected chi connectivity index (χ0v) is 10.3. The minimum Gasteiger partial charge on any atom is -0.480 e. The van der Waals surface area contributed by atoms with E-state index in [1.54, 1.807) is 19.9 Å². The smallest absolute Gasteiger partial charge is 0.326 e. The van der Waals surface area contributed by atoms with Crippen molar-refractivity contribution in [3.8, 4) is 6.07 Å². The minimum atomic E-state index is -1.08. The zero-order valence-electron chi connectivity index (χ0n) is 10.3. The molecule has 0 aliphatic heterocycles. The van der Waals surface area contributed by atoms with Gasteiger partial charge in [0.1, 0.15) is 29.7 Å². The van der Waals surface area contributed by atoms with Gasteiger partial charge in [0.2, 0.25) is 0 Å². The lowest BCUT2D eigenvalue weighted by Gasteiger charge is -2.18.